The lowest BCUT2D eigenvalue weighted by molar-refractivity contribution is 0.666. The molecule has 0 fully saturated rings. The van der Waals surface area contributed by atoms with E-state index in [-0.39, 0.29) is 0 Å². The number of hydrogen-bond donors (Lipinski definition) is 0. The molecule has 10 rings (SSSR count). The predicted octanol–water partition coefficient (Wildman–Crippen LogP) is 9.97. The second-order valence-corrected chi connectivity index (χ2v) is 11.7. The maximum absolute atomic E-state index is 6.47. The molecule has 3 nitrogen and oxygen atoms in total. The molecule has 0 saturated heterocycles. The van der Waals surface area contributed by atoms with Crippen LogP contribution < -0.4 is 4.90 Å². The van der Waals surface area contributed by atoms with Gasteiger partial charge >= 0.3 is 0 Å². The van der Waals surface area contributed by atoms with E-state index in [2.05, 4.69) is 131 Å². The molecule has 0 amide bonds. The molecule has 0 aliphatic carbocycles. The molecule has 2 aromatic heterocycles. The van der Waals surface area contributed by atoms with Crippen molar-refractivity contribution in [2.45, 2.75) is 18.9 Å². The molecule has 4 heterocycles. The Balaban J connectivity index is 1.14. The molecular formula is C39H26N2O. The van der Waals surface area contributed by atoms with Gasteiger partial charge in [-0.3, -0.25) is 0 Å². The van der Waals surface area contributed by atoms with Crippen LogP contribution in [0.5, 0.6) is 0 Å². The summed E-state index contributed by atoms with van der Waals surface area (Å²) < 4.78 is 8.84. The number of fused-ring (bicyclic) bond motifs is 11. The Labute approximate surface area is 242 Å². The first-order chi connectivity index (χ1) is 20.8. The summed E-state index contributed by atoms with van der Waals surface area (Å²) in [6, 6.07) is 46.9. The van der Waals surface area contributed by atoms with Crippen molar-refractivity contribution < 1.29 is 4.42 Å². The summed E-state index contributed by atoms with van der Waals surface area (Å²) in [5.74, 6) is 0. The van der Waals surface area contributed by atoms with Gasteiger partial charge in [0.2, 0.25) is 0 Å². The average molecular weight is 539 g/mol. The molecule has 0 N–H and O–H groups in total. The zero-order valence-electron chi connectivity index (χ0n) is 22.9. The largest absolute Gasteiger partial charge is 0.454 e. The first-order valence-electron chi connectivity index (χ1n) is 14.8. The number of aromatic nitrogens is 1. The van der Waals surface area contributed by atoms with Crippen molar-refractivity contribution in [3.8, 4) is 16.8 Å². The van der Waals surface area contributed by atoms with E-state index >= 15 is 0 Å². The summed E-state index contributed by atoms with van der Waals surface area (Å²) in [5, 5.41) is 4.80. The number of anilines is 2. The van der Waals surface area contributed by atoms with Crippen LogP contribution in [0, 0.1) is 0 Å². The molecule has 3 heteroatoms. The average Bonchev–Trinajstić information content (AvgIpc) is 3.78. The van der Waals surface area contributed by atoms with E-state index in [0.29, 0.717) is 6.04 Å². The molecule has 0 saturated carbocycles. The van der Waals surface area contributed by atoms with Crippen molar-refractivity contribution in [3.05, 3.63) is 139 Å². The van der Waals surface area contributed by atoms with E-state index in [0.717, 1.165) is 40.5 Å². The Kier molecular flexibility index (Phi) is 4.35. The van der Waals surface area contributed by atoms with Gasteiger partial charge in [-0.05, 0) is 83.6 Å². The highest BCUT2D eigenvalue weighted by molar-refractivity contribution is 6.13. The van der Waals surface area contributed by atoms with Gasteiger partial charge in [0.1, 0.15) is 5.58 Å². The van der Waals surface area contributed by atoms with Crippen LogP contribution in [0.4, 0.5) is 11.4 Å². The fourth-order valence-electron chi connectivity index (χ4n) is 7.69. The Morgan fingerprint density at radius 3 is 2.17 bits per heavy atom. The molecule has 2 aliphatic rings. The number of nitrogens with zero attached hydrogens (tertiary/aromatic N) is 2. The molecule has 6 aromatic carbocycles. The zero-order chi connectivity index (χ0) is 27.4. The van der Waals surface area contributed by atoms with Gasteiger partial charge in [-0.1, -0.05) is 78.9 Å². The monoisotopic (exact) mass is 538 g/mol. The molecule has 1 atom stereocenters. The van der Waals surface area contributed by atoms with Gasteiger partial charge in [0.25, 0.3) is 0 Å². The predicted molar refractivity (Wildman–Crippen MR) is 173 cm³/mol. The SMILES string of the molecule is c1ccc2c(c1)CC1Cc3cc(-c4ccc5c(c4)c4ccccc4n5-c4cccc5c4oc4ccccc45)ccc3N21. The molecule has 1 unspecified atom stereocenters. The van der Waals surface area contributed by atoms with Crippen LogP contribution in [0.15, 0.2) is 132 Å². The van der Waals surface area contributed by atoms with Crippen LogP contribution in [0.3, 0.4) is 0 Å². The van der Waals surface area contributed by atoms with Crippen LogP contribution in [0.25, 0.3) is 60.6 Å². The second-order valence-electron chi connectivity index (χ2n) is 11.7. The third kappa shape index (κ3) is 2.95. The first-order valence-corrected chi connectivity index (χ1v) is 14.8. The van der Waals surface area contributed by atoms with Crippen LogP contribution in [-0.2, 0) is 12.8 Å². The van der Waals surface area contributed by atoms with Gasteiger partial charge in [0.05, 0.1) is 16.7 Å². The molecule has 198 valence electrons. The Morgan fingerprint density at radius 1 is 0.500 bits per heavy atom. The quantitative estimate of drug-likeness (QED) is 0.218. The van der Waals surface area contributed by atoms with Gasteiger partial charge in [0.15, 0.2) is 5.58 Å². The molecule has 0 spiro atoms. The van der Waals surface area contributed by atoms with E-state index in [4.69, 9.17) is 4.42 Å². The fraction of sp³-hybridized carbons (Fsp3) is 0.0769. The van der Waals surface area contributed by atoms with Crippen molar-refractivity contribution in [1.82, 2.24) is 4.57 Å². The minimum atomic E-state index is 0.536. The zero-order valence-corrected chi connectivity index (χ0v) is 22.9. The summed E-state index contributed by atoms with van der Waals surface area (Å²) in [5.41, 5.74) is 13.5. The molecule has 8 aromatic rings. The topological polar surface area (TPSA) is 21.3 Å². The molecule has 0 bridgehead atoms. The lowest BCUT2D eigenvalue weighted by atomic mass is 9.98. The third-order valence-electron chi connectivity index (χ3n) is 9.50. The minimum Gasteiger partial charge on any atom is -0.454 e. The Morgan fingerprint density at radius 2 is 1.19 bits per heavy atom. The van der Waals surface area contributed by atoms with E-state index in [1.807, 2.05) is 6.07 Å². The number of furan rings is 1. The summed E-state index contributed by atoms with van der Waals surface area (Å²) in [4.78, 5) is 2.56. The summed E-state index contributed by atoms with van der Waals surface area (Å²) in [6.07, 6.45) is 2.23. The third-order valence-corrected chi connectivity index (χ3v) is 9.50. The van der Waals surface area contributed by atoms with Crippen molar-refractivity contribution >= 4 is 55.1 Å². The van der Waals surface area contributed by atoms with Gasteiger partial charge in [-0.25, -0.2) is 0 Å². The van der Waals surface area contributed by atoms with E-state index in [9.17, 15) is 0 Å². The first kappa shape index (κ1) is 22.4. The van der Waals surface area contributed by atoms with Crippen molar-refractivity contribution in [1.29, 1.82) is 0 Å². The van der Waals surface area contributed by atoms with Crippen molar-refractivity contribution in [2.75, 3.05) is 4.90 Å². The van der Waals surface area contributed by atoms with Crippen LogP contribution >= 0.6 is 0 Å². The molecule has 0 radical (unpaired) electrons. The maximum atomic E-state index is 6.47. The number of para-hydroxylation sites is 4. The maximum Gasteiger partial charge on any atom is 0.159 e. The minimum absolute atomic E-state index is 0.536. The van der Waals surface area contributed by atoms with Gasteiger partial charge in [0, 0.05) is 39.0 Å². The lowest BCUT2D eigenvalue weighted by Gasteiger charge is -2.20. The van der Waals surface area contributed by atoms with E-state index in [1.54, 1.807) is 0 Å². The highest BCUT2D eigenvalue weighted by Gasteiger charge is 2.36. The second kappa shape index (κ2) is 8.14. The number of benzene rings is 6. The normalized spacial score (nSPS) is 15.6. The summed E-state index contributed by atoms with van der Waals surface area (Å²) in [7, 11) is 0. The Hall–Kier alpha value is -5.28. The van der Waals surface area contributed by atoms with Crippen LogP contribution in [-0.4, -0.2) is 10.6 Å². The smallest absolute Gasteiger partial charge is 0.159 e. The van der Waals surface area contributed by atoms with Crippen LogP contribution in [0.2, 0.25) is 0 Å². The fourth-order valence-corrected chi connectivity index (χ4v) is 7.69. The van der Waals surface area contributed by atoms with E-state index < -0.39 is 0 Å². The molecule has 42 heavy (non-hydrogen) atoms. The van der Waals surface area contributed by atoms with Gasteiger partial charge < -0.3 is 13.9 Å². The van der Waals surface area contributed by atoms with Gasteiger partial charge in [-0.2, -0.15) is 0 Å². The number of rotatable bonds is 2. The lowest BCUT2D eigenvalue weighted by Crippen LogP contribution is -2.22. The molecule has 2 aliphatic heterocycles. The summed E-state index contributed by atoms with van der Waals surface area (Å²) in [6.45, 7) is 0. The highest BCUT2D eigenvalue weighted by atomic mass is 16.3. The van der Waals surface area contributed by atoms with Crippen molar-refractivity contribution in [2.24, 2.45) is 0 Å². The Bertz CT molecular complexity index is 2390. The van der Waals surface area contributed by atoms with Gasteiger partial charge in [-0.15, -0.1) is 0 Å². The number of hydrogen-bond acceptors (Lipinski definition) is 2. The standard InChI is InChI=1S/C39H26N2O/c1-4-12-33-26(8-1)21-28-22-27-20-24(16-18-34(27)40(28)33)25-17-19-36-32(23-25)29-9-2-5-13-35(29)41(36)37-14-7-11-31-30-10-3-6-15-38(30)42-39(31)37/h1-20,23,28H,21-22H2. The van der Waals surface area contributed by atoms with Crippen LogP contribution in [0.1, 0.15) is 11.1 Å². The molecular weight excluding hydrogens is 512 g/mol. The van der Waals surface area contributed by atoms with E-state index in [1.165, 1.54) is 55.4 Å². The van der Waals surface area contributed by atoms with Crippen molar-refractivity contribution in [3.63, 3.8) is 0 Å². The highest BCUT2D eigenvalue weighted by Crippen LogP contribution is 2.47. The summed E-state index contributed by atoms with van der Waals surface area (Å²) >= 11 is 0.